The molecule has 3 aromatic rings. The van der Waals surface area contributed by atoms with Gasteiger partial charge in [0, 0.05) is 30.6 Å². The average molecular weight is 337 g/mol. The zero-order valence-corrected chi connectivity index (χ0v) is 14.1. The molecule has 1 atom stereocenters. The maximum Gasteiger partial charge on any atom is 0.251 e. The van der Waals surface area contributed by atoms with Crippen LogP contribution >= 0.6 is 0 Å². The van der Waals surface area contributed by atoms with Crippen LogP contribution in [0.25, 0.3) is 11.0 Å². The fourth-order valence-electron chi connectivity index (χ4n) is 3.41. The standard InChI is InChI=1S/C20H20FN3O/c1-13-8-9-24-18-7-6-14(11-17(18)23-19(24)10-13)20(25)22-12-15-4-2-3-5-16(15)21/h2-7,11,13H,8-10,12H2,1H3,(H,22,25)/t13-/m0/s1. The highest BCUT2D eigenvalue weighted by molar-refractivity contribution is 5.97. The Morgan fingerprint density at radius 3 is 3.00 bits per heavy atom. The quantitative estimate of drug-likeness (QED) is 0.792. The first-order chi connectivity index (χ1) is 12.1. The number of carbonyl (C=O) groups excluding carboxylic acids is 1. The van der Waals surface area contributed by atoms with E-state index in [2.05, 4.69) is 16.8 Å². The maximum atomic E-state index is 13.6. The fraction of sp³-hybridized carbons (Fsp3) is 0.300. The third kappa shape index (κ3) is 3.02. The van der Waals surface area contributed by atoms with Crippen molar-refractivity contribution in [2.24, 2.45) is 5.92 Å². The molecule has 0 radical (unpaired) electrons. The van der Waals surface area contributed by atoms with Crippen molar-refractivity contribution in [2.45, 2.75) is 32.9 Å². The number of nitrogens with zero attached hydrogens (tertiary/aromatic N) is 2. The minimum absolute atomic E-state index is 0.167. The molecule has 4 nitrogen and oxygen atoms in total. The van der Waals surface area contributed by atoms with Crippen molar-refractivity contribution in [3.8, 4) is 0 Å². The molecular formula is C20H20FN3O. The van der Waals surface area contributed by atoms with Gasteiger partial charge in [-0.2, -0.15) is 0 Å². The van der Waals surface area contributed by atoms with Crippen molar-refractivity contribution in [3.05, 3.63) is 65.2 Å². The predicted molar refractivity (Wildman–Crippen MR) is 94.8 cm³/mol. The SMILES string of the molecule is C[C@H]1CCn2c(nc3cc(C(=O)NCc4ccccc4F)ccc32)C1. The molecule has 0 bridgehead atoms. The van der Waals surface area contributed by atoms with Crippen LogP contribution in [-0.4, -0.2) is 15.5 Å². The maximum absolute atomic E-state index is 13.6. The van der Waals surface area contributed by atoms with Crippen LogP contribution in [0.1, 0.15) is 35.1 Å². The highest BCUT2D eigenvalue weighted by atomic mass is 19.1. The summed E-state index contributed by atoms with van der Waals surface area (Å²) >= 11 is 0. The number of fused-ring (bicyclic) bond motifs is 3. The molecule has 0 fully saturated rings. The minimum Gasteiger partial charge on any atom is -0.348 e. The van der Waals surface area contributed by atoms with Gasteiger partial charge in [0.05, 0.1) is 11.0 Å². The lowest BCUT2D eigenvalue weighted by Crippen LogP contribution is -2.23. The molecular weight excluding hydrogens is 317 g/mol. The summed E-state index contributed by atoms with van der Waals surface area (Å²) in [5, 5.41) is 2.78. The number of aromatic nitrogens is 2. The lowest BCUT2D eigenvalue weighted by molar-refractivity contribution is 0.0950. The van der Waals surface area contributed by atoms with Crippen LogP contribution in [0.2, 0.25) is 0 Å². The van der Waals surface area contributed by atoms with E-state index in [0.717, 1.165) is 36.2 Å². The molecule has 4 rings (SSSR count). The minimum atomic E-state index is -0.311. The van der Waals surface area contributed by atoms with Gasteiger partial charge < -0.3 is 9.88 Å². The smallest absolute Gasteiger partial charge is 0.251 e. The van der Waals surface area contributed by atoms with Crippen LogP contribution in [-0.2, 0) is 19.5 Å². The molecule has 0 saturated heterocycles. The van der Waals surface area contributed by atoms with Crippen molar-refractivity contribution in [1.82, 2.24) is 14.9 Å². The van der Waals surface area contributed by atoms with Crippen molar-refractivity contribution >= 4 is 16.9 Å². The molecule has 0 saturated carbocycles. The summed E-state index contributed by atoms with van der Waals surface area (Å²) in [5.74, 6) is 1.21. The highest BCUT2D eigenvalue weighted by Crippen LogP contribution is 2.25. The van der Waals surface area contributed by atoms with E-state index in [9.17, 15) is 9.18 Å². The van der Waals surface area contributed by atoms with Crippen LogP contribution in [0.4, 0.5) is 4.39 Å². The van der Waals surface area contributed by atoms with E-state index in [0.29, 0.717) is 17.0 Å². The number of carbonyl (C=O) groups is 1. The first-order valence-electron chi connectivity index (χ1n) is 8.62. The Balaban J connectivity index is 1.55. The number of rotatable bonds is 3. The van der Waals surface area contributed by atoms with Crippen LogP contribution < -0.4 is 5.32 Å². The van der Waals surface area contributed by atoms with E-state index < -0.39 is 0 Å². The predicted octanol–water partition coefficient (Wildman–Crippen LogP) is 3.69. The van der Waals surface area contributed by atoms with Gasteiger partial charge in [-0.3, -0.25) is 4.79 Å². The third-order valence-corrected chi connectivity index (χ3v) is 4.86. The van der Waals surface area contributed by atoms with Crippen LogP contribution in [0.5, 0.6) is 0 Å². The molecule has 1 aliphatic heterocycles. The van der Waals surface area contributed by atoms with Gasteiger partial charge in [0.2, 0.25) is 0 Å². The molecule has 2 heterocycles. The van der Waals surface area contributed by atoms with Crippen LogP contribution in [0.15, 0.2) is 42.5 Å². The second-order valence-corrected chi connectivity index (χ2v) is 6.76. The van der Waals surface area contributed by atoms with Gasteiger partial charge in [0.25, 0.3) is 5.91 Å². The summed E-state index contributed by atoms with van der Waals surface area (Å²) in [5.41, 5.74) is 2.95. The monoisotopic (exact) mass is 337 g/mol. The lowest BCUT2D eigenvalue weighted by atomic mass is 10.0. The van der Waals surface area contributed by atoms with Crippen molar-refractivity contribution < 1.29 is 9.18 Å². The van der Waals surface area contributed by atoms with E-state index in [1.165, 1.54) is 6.07 Å². The normalized spacial score (nSPS) is 16.6. The highest BCUT2D eigenvalue weighted by Gasteiger charge is 2.19. The summed E-state index contributed by atoms with van der Waals surface area (Å²) in [6.07, 6.45) is 2.13. The number of hydrogen-bond donors (Lipinski definition) is 1. The average Bonchev–Trinajstić information content (AvgIpc) is 2.97. The van der Waals surface area contributed by atoms with Crippen molar-refractivity contribution in [2.75, 3.05) is 0 Å². The molecule has 5 heteroatoms. The van der Waals surface area contributed by atoms with E-state index >= 15 is 0 Å². The largest absolute Gasteiger partial charge is 0.348 e. The van der Waals surface area contributed by atoms with Crippen LogP contribution in [0, 0.1) is 11.7 Å². The fourth-order valence-corrected chi connectivity index (χ4v) is 3.41. The molecule has 1 N–H and O–H groups in total. The number of nitrogens with one attached hydrogen (secondary N) is 1. The molecule has 0 spiro atoms. The Bertz CT molecular complexity index is 947. The summed E-state index contributed by atoms with van der Waals surface area (Å²) in [6.45, 7) is 3.39. The molecule has 2 aromatic carbocycles. The van der Waals surface area contributed by atoms with E-state index in [4.69, 9.17) is 4.98 Å². The second kappa shape index (κ2) is 6.31. The van der Waals surface area contributed by atoms with E-state index in [1.807, 2.05) is 18.2 Å². The Morgan fingerprint density at radius 1 is 1.32 bits per heavy atom. The summed E-state index contributed by atoms with van der Waals surface area (Å²) in [7, 11) is 0. The third-order valence-electron chi connectivity index (χ3n) is 4.86. The molecule has 1 amide bonds. The number of halogens is 1. The summed E-state index contributed by atoms with van der Waals surface area (Å²) in [4.78, 5) is 17.1. The Labute approximate surface area is 145 Å². The van der Waals surface area contributed by atoms with E-state index in [1.54, 1.807) is 18.2 Å². The molecule has 25 heavy (non-hydrogen) atoms. The van der Waals surface area contributed by atoms with Gasteiger partial charge in [-0.1, -0.05) is 25.1 Å². The molecule has 0 unspecified atom stereocenters. The van der Waals surface area contributed by atoms with Crippen molar-refractivity contribution in [3.63, 3.8) is 0 Å². The van der Waals surface area contributed by atoms with Gasteiger partial charge in [-0.15, -0.1) is 0 Å². The number of amides is 1. The summed E-state index contributed by atoms with van der Waals surface area (Å²) in [6, 6.07) is 12.0. The number of hydrogen-bond acceptors (Lipinski definition) is 2. The topological polar surface area (TPSA) is 46.9 Å². The van der Waals surface area contributed by atoms with Gasteiger partial charge in [-0.25, -0.2) is 9.37 Å². The van der Waals surface area contributed by atoms with E-state index in [-0.39, 0.29) is 18.3 Å². The zero-order chi connectivity index (χ0) is 17.4. The zero-order valence-electron chi connectivity index (χ0n) is 14.1. The summed E-state index contributed by atoms with van der Waals surface area (Å²) < 4.78 is 15.9. The number of aryl methyl sites for hydroxylation is 1. The molecule has 0 aliphatic carbocycles. The van der Waals surface area contributed by atoms with Crippen molar-refractivity contribution in [1.29, 1.82) is 0 Å². The Hall–Kier alpha value is -2.69. The van der Waals surface area contributed by atoms with Gasteiger partial charge in [0.1, 0.15) is 11.6 Å². The molecule has 1 aliphatic rings. The van der Waals surface area contributed by atoms with Gasteiger partial charge in [0.15, 0.2) is 0 Å². The molecule has 1 aromatic heterocycles. The first kappa shape index (κ1) is 15.8. The van der Waals surface area contributed by atoms with Gasteiger partial charge in [-0.05, 0) is 36.6 Å². The van der Waals surface area contributed by atoms with Crippen LogP contribution in [0.3, 0.4) is 0 Å². The van der Waals surface area contributed by atoms with Gasteiger partial charge >= 0.3 is 0 Å². The Kier molecular flexibility index (Phi) is 3.99. The molecule has 128 valence electrons. The number of imidazole rings is 1. The Morgan fingerprint density at radius 2 is 2.16 bits per heavy atom. The lowest BCUT2D eigenvalue weighted by Gasteiger charge is -2.19. The second-order valence-electron chi connectivity index (χ2n) is 6.76. The number of benzene rings is 2. The first-order valence-corrected chi connectivity index (χ1v) is 8.62.